The molecule has 0 amide bonds. The third-order valence-electron chi connectivity index (χ3n) is 5.36. The summed E-state index contributed by atoms with van der Waals surface area (Å²) in [5.41, 5.74) is 4.93. The number of hydrogen-bond donors (Lipinski definition) is 0. The van der Waals surface area contributed by atoms with Gasteiger partial charge in [0.15, 0.2) is 0 Å². The molecule has 0 fully saturated rings. The molecule has 0 radical (unpaired) electrons. The molecule has 164 valence electrons. The fourth-order valence-corrected chi connectivity index (χ4v) is 4.06. The SMILES string of the molecule is Cc1cc2c(-c3ccco3)cccc2[cH-]1.Cc1cc2c(-c3ccco3)cccc2[cH-]1.[Cl][Zr+2][Cl]. The quantitative estimate of drug-likeness (QED) is 0.200. The molecule has 5 heteroatoms. The van der Waals surface area contributed by atoms with Gasteiger partial charge in [-0.3, -0.25) is 0 Å². The third-order valence-corrected chi connectivity index (χ3v) is 5.36. The van der Waals surface area contributed by atoms with Gasteiger partial charge in [0.25, 0.3) is 0 Å². The Kier molecular flexibility index (Phi) is 8.09. The summed E-state index contributed by atoms with van der Waals surface area (Å²) in [4.78, 5) is 0. The monoisotopic (exact) mass is 550 g/mol. The van der Waals surface area contributed by atoms with Crippen molar-refractivity contribution in [3.8, 4) is 22.6 Å². The van der Waals surface area contributed by atoms with E-state index in [9.17, 15) is 0 Å². The van der Waals surface area contributed by atoms with Crippen LogP contribution in [0.25, 0.3) is 44.2 Å². The average Bonchev–Trinajstić information content (AvgIpc) is 3.59. The number of aryl methyl sites for hydroxylation is 2. The van der Waals surface area contributed by atoms with Crippen LogP contribution in [-0.4, -0.2) is 0 Å². The Morgan fingerprint density at radius 1 is 0.636 bits per heavy atom. The molecule has 4 aromatic carbocycles. The van der Waals surface area contributed by atoms with E-state index in [1.165, 1.54) is 43.8 Å². The van der Waals surface area contributed by atoms with Crippen LogP contribution in [0.5, 0.6) is 0 Å². The molecule has 0 bridgehead atoms. The van der Waals surface area contributed by atoms with Crippen LogP contribution in [-0.2, 0) is 20.8 Å². The fraction of sp³-hybridized carbons (Fsp3) is 0.0714. The van der Waals surface area contributed by atoms with E-state index in [-0.39, 0.29) is 0 Å². The standard InChI is InChI=1S/2C14H11O.2ClH.Zr/c2*1-10-8-11-4-2-5-12(13(11)9-10)14-6-3-7-15-14;;;/h2*2-9H,1H3;2*1H;/q2*-1;;;+4/p-2. The van der Waals surface area contributed by atoms with Crippen molar-refractivity contribution in [1.82, 2.24) is 0 Å². The number of benzene rings is 2. The van der Waals surface area contributed by atoms with Crippen molar-refractivity contribution in [2.24, 2.45) is 0 Å². The summed E-state index contributed by atoms with van der Waals surface area (Å²) in [5, 5.41) is 5.10. The van der Waals surface area contributed by atoms with Crippen molar-refractivity contribution in [3.63, 3.8) is 0 Å². The van der Waals surface area contributed by atoms with Gasteiger partial charge in [-0.25, -0.2) is 0 Å². The van der Waals surface area contributed by atoms with Gasteiger partial charge < -0.3 is 8.83 Å². The molecule has 6 aromatic rings. The van der Waals surface area contributed by atoms with Crippen LogP contribution in [0.2, 0.25) is 0 Å². The van der Waals surface area contributed by atoms with E-state index in [2.05, 4.69) is 74.5 Å². The second kappa shape index (κ2) is 11.2. The Hall–Kier alpha value is -2.32. The van der Waals surface area contributed by atoms with Gasteiger partial charge in [0.05, 0.1) is 12.5 Å². The molecule has 33 heavy (non-hydrogen) atoms. The fourth-order valence-electron chi connectivity index (χ4n) is 4.06. The van der Waals surface area contributed by atoms with Crippen molar-refractivity contribution in [3.05, 3.63) is 109 Å². The first kappa shape index (κ1) is 23.8. The first-order valence-corrected chi connectivity index (χ1v) is 16.8. The summed E-state index contributed by atoms with van der Waals surface area (Å²) >= 11 is -0.826. The Balaban J connectivity index is 0.000000141. The van der Waals surface area contributed by atoms with E-state index in [0.29, 0.717) is 0 Å². The second-order valence-corrected chi connectivity index (χ2v) is 11.4. The van der Waals surface area contributed by atoms with Crippen LogP contribution in [0.15, 0.2) is 106 Å². The van der Waals surface area contributed by atoms with Crippen LogP contribution < -0.4 is 0 Å². The van der Waals surface area contributed by atoms with E-state index in [4.69, 9.17) is 25.9 Å². The zero-order valence-corrected chi connectivity index (χ0v) is 22.3. The van der Waals surface area contributed by atoms with Crippen LogP contribution in [0.1, 0.15) is 11.1 Å². The summed E-state index contributed by atoms with van der Waals surface area (Å²) < 4.78 is 10.9. The first-order valence-electron chi connectivity index (χ1n) is 10.5. The molecular weight excluding hydrogens is 530 g/mol. The first-order chi connectivity index (χ1) is 16.1. The molecule has 2 aromatic heterocycles. The number of fused-ring (bicyclic) bond motifs is 2. The Bertz CT molecular complexity index is 1310. The maximum absolute atomic E-state index is 5.44. The van der Waals surface area contributed by atoms with Crippen molar-refractivity contribution in [1.29, 1.82) is 0 Å². The molecule has 0 N–H and O–H groups in total. The summed E-state index contributed by atoms with van der Waals surface area (Å²) in [6, 6.07) is 29.2. The van der Waals surface area contributed by atoms with E-state index in [1.54, 1.807) is 12.5 Å². The number of rotatable bonds is 2. The van der Waals surface area contributed by atoms with Gasteiger partial charge in [-0.15, -0.1) is 69.1 Å². The molecule has 6 rings (SSSR count). The maximum atomic E-state index is 5.44. The van der Waals surface area contributed by atoms with E-state index < -0.39 is 20.8 Å². The molecule has 0 aliphatic rings. The van der Waals surface area contributed by atoms with E-state index in [0.717, 1.165) is 11.5 Å². The van der Waals surface area contributed by atoms with Crippen LogP contribution in [0, 0.1) is 13.8 Å². The minimum atomic E-state index is -0.826. The van der Waals surface area contributed by atoms with Gasteiger partial charge >= 0.3 is 37.9 Å². The van der Waals surface area contributed by atoms with Crippen molar-refractivity contribution < 1.29 is 29.7 Å². The summed E-state index contributed by atoms with van der Waals surface area (Å²) in [6.45, 7) is 4.23. The van der Waals surface area contributed by atoms with E-state index in [1.807, 2.05) is 24.3 Å². The molecule has 0 spiro atoms. The molecule has 0 atom stereocenters. The normalized spacial score (nSPS) is 10.3. The predicted molar refractivity (Wildman–Crippen MR) is 136 cm³/mol. The van der Waals surface area contributed by atoms with Crippen LogP contribution >= 0.6 is 17.0 Å². The van der Waals surface area contributed by atoms with Crippen molar-refractivity contribution >= 4 is 38.6 Å². The number of hydrogen-bond acceptors (Lipinski definition) is 2. The third kappa shape index (κ3) is 5.61. The van der Waals surface area contributed by atoms with Gasteiger partial charge in [-0.05, 0) is 35.4 Å². The van der Waals surface area contributed by atoms with Crippen molar-refractivity contribution in [2.75, 3.05) is 0 Å². The van der Waals surface area contributed by atoms with Crippen molar-refractivity contribution in [2.45, 2.75) is 13.8 Å². The number of halogens is 2. The summed E-state index contributed by atoms with van der Waals surface area (Å²) in [6.07, 6.45) is 3.42. The Morgan fingerprint density at radius 3 is 1.42 bits per heavy atom. The minimum absolute atomic E-state index is 0.826. The van der Waals surface area contributed by atoms with Crippen LogP contribution in [0.3, 0.4) is 0 Å². The molecule has 0 unspecified atom stereocenters. The van der Waals surface area contributed by atoms with E-state index >= 15 is 0 Å². The van der Waals surface area contributed by atoms with Gasteiger partial charge in [-0.2, -0.15) is 12.1 Å². The van der Waals surface area contributed by atoms with Gasteiger partial charge in [0.1, 0.15) is 11.5 Å². The summed E-state index contributed by atoms with van der Waals surface area (Å²) in [7, 11) is 9.87. The summed E-state index contributed by atoms with van der Waals surface area (Å²) in [5.74, 6) is 1.87. The molecule has 2 nitrogen and oxygen atoms in total. The topological polar surface area (TPSA) is 26.3 Å². The average molecular weight is 553 g/mol. The number of furan rings is 2. The van der Waals surface area contributed by atoms with Crippen LogP contribution in [0.4, 0.5) is 0 Å². The van der Waals surface area contributed by atoms with Gasteiger partial charge in [0, 0.05) is 0 Å². The van der Waals surface area contributed by atoms with Gasteiger partial charge in [-0.1, -0.05) is 26.0 Å². The Morgan fingerprint density at radius 2 is 1.06 bits per heavy atom. The molecular formula is C28H22Cl2O2Zr. The molecule has 0 saturated heterocycles. The Labute approximate surface area is 212 Å². The molecule has 2 heterocycles. The molecule has 0 aliphatic heterocycles. The zero-order chi connectivity index (χ0) is 23.2. The zero-order valence-electron chi connectivity index (χ0n) is 18.3. The van der Waals surface area contributed by atoms with Gasteiger partial charge in [0.2, 0.25) is 0 Å². The predicted octanol–water partition coefficient (Wildman–Crippen LogP) is 9.63. The molecule has 0 saturated carbocycles. The molecule has 0 aliphatic carbocycles. The second-order valence-electron chi connectivity index (χ2n) is 7.71.